The zero-order valence-electron chi connectivity index (χ0n) is 9.42. The van der Waals surface area contributed by atoms with Gasteiger partial charge in [0.05, 0.1) is 6.61 Å². The zero-order valence-corrected chi connectivity index (χ0v) is 10.2. The van der Waals surface area contributed by atoms with Crippen molar-refractivity contribution in [3.63, 3.8) is 0 Å². The highest BCUT2D eigenvalue weighted by Crippen LogP contribution is 2.37. The minimum absolute atomic E-state index is 0.393. The first-order valence-electron chi connectivity index (χ1n) is 6.21. The van der Waals surface area contributed by atoms with Crippen LogP contribution in [0.4, 0.5) is 0 Å². The van der Waals surface area contributed by atoms with E-state index >= 15 is 0 Å². The molecule has 0 saturated heterocycles. The molecule has 1 unspecified atom stereocenters. The highest BCUT2D eigenvalue weighted by molar-refractivity contribution is 6.20. The molecule has 1 aliphatic heterocycles. The fourth-order valence-electron chi connectivity index (χ4n) is 2.39. The SMILES string of the molecule is ClC(CCc1ccc2c(c1)CCO2)C1CC1. The van der Waals surface area contributed by atoms with Crippen molar-refractivity contribution in [2.45, 2.75) is 37.5 Å². The van der Waals surface area contributed by atoms with Crippen molar-refractivity contribution in [1.29, 1.82) is 0 Å². The van der Waals surface area contributed by atoms with Crippen molar-refractivity contribution in [1.82, 2.24) is 0 Å². The van der Waals surface area contributed by atoms with Gasteiger partial charge in [0.1, 0.15) is 5.75 Å². The summed E-state index contributed by atoms with van der Waals surface area (Å²) in [6.07, 6.45) is 5.97. The van der Waals surface area contributed by atoms with Gasteiger partial charge in [0.15, 0.2) is 0 Å². The largest absolute Gasteiger partial charge is 0.493 e. The normalized spacial score (nSPS) is 20.3. The van der Waals surface area contributed by atoms with Crippen LogP contribution in [-0.2, 0) is 12.8 Å². The van der Waals surface area contributed by atoms with E-state index in [4.69, 9.17) is 16.3 Å². The Labute approximate surface area is 102 Å². The Morgan fingerprint density at radius 1 is 1.38 bits per heavy atom. The van der Waals surface area contributed by atoms with Crippen LogP contribution in [0.3, 0.4) is 0 Å². The van der Waals surface area contributed by atoms with Crippen LogP contribution in [0, 0.1) is 5.92 Å². The summed E-state index contributed by atoms with van der Waals surface area (Å²) in [7, 11) is 0. The molecule has 2 aliphatic rings. The van der Waals surface area contributed by atoms with E-state index in [-0.39, 0.29) is 0 Å². The number of hydrogen-bond acceptors (Lipinski definition) is 1. The smallest absolute Gasteiger partial charge is 0.122 e. The van der Waals surface area contributed by atoms with Gasteiger partial charge in [-0.2, -0.15) is 0 Å². The minimum Gasteiger partial charge on any atom is -0.493 e. The molecule has 0 bridgehead atoms. The van der Waals surface area contributed by atoms with Gasteiger partial charge < -0.3 is 4.74 Å². The Hall–Kier alpha value is -0.690. The lowest BCUT2D eigenvalue weighted by atomic mass is 10.0. The molecule has 1 nitrogen and oxygen atoms in total. The van der Waals surface area contributed by atoms with E-state index < -0.39 is 0 Å². The van der Waals surface area contributed by atoms with Gasteiger partial charge in [0, 0.05) is 11.8 Å². The number of aryl methyl sites for hydroxylation is 1. The van der Waals surface area contributed by atoms with E-state index in [2.05, 4.69) is 18.2 Å². The van der Waals surface area contributed by atoms with Gasteiger partial charge in [-0.1, -0.05) is 12.1 Å². The maximum absolute atomic E-state index is 6.32. The van der Waals surface area contributed by atoms with Crippen LogP contribution in [0.15, 0.2) is 18.2 Å². The lowest BCUT2D eigenvalue weighted by Crippen LogP contribution is -2.03. The van der Waals surface area contributed by atoms with E-state index in [0.29, 0.717) is 5.38 Å². The summed E-state index contributed by atoms with van der Waals surface area (Å²) >= 11 is 6.32. The van der Waals surface area contributed by atoms with Crippen molar-refractivity contribution < 1.29 is 4.74 Å². The Kier molecular flexibility index (Phi) is 2.81. The summed E-state index contributed by atoms with van der Waals surface area (Å²) in [4.78, 5) is 0. The number of rotatable bonds is 4. The van der Waals surface area contributed by atoms with Gasteiger partial charge >= 0.3 is 0 Å². The maximum atomic E-state index is 6.32. The van der Waals surface area contributed by atoms with Crippen molar-refractivity contribution in [3.8, 4) is 5.75 Å². The Balaban J connectivity index is 1.61. The number of halogens is 1. The molecule has 0 amide bonds. The third-order valence-corrected chi connectivity index (χ3v) is 4.17. The second-order valence-electron chi connectivity index (χ2n) is 4.93. The van der Waals surface area contributed by atoms with E-state index in [1.54, 1.807) is 0 Å². The van der Waals surface area contributed by atoms with Crippen LogP contribution >= 0.6 is 11.6 Å². The van der Waals surface area contributed by atoms with Gasteiger partial charge in [-0.05, 0) is 48.8 Å². The average molecular weight is 237 g/mol. The second kappa shape index (κ2) is 4.29. The molecule has 1 aliphatic carbocycles. The number of ether oxygens (including phenoxy) is 1. The van der Waals surface area contributed by atoms with Crippen molar-refractivity contribution in [2.75, 3.05) is 6.61 Å². The quantitative estimate of drug-likeness (QED) is 0.727. The van der Waals surface area contributed by atoms with E-state index in [1.165, 1.54) is 24.0 Å². The third kappa shape index (κ3) is 2.20. The minimum atomic E-state index is 0.393. The summed E-state index contributed by atoms with van der Waals surface area (Å²) in [5, 5.41) is 0.393. The number of alkyl halides is 1. The number of fused-ring (bicyclic) bond motifs is 1. The summed E-state index contributed by atoms with van der Waals surface area (Å²) in [5.41, 5.74) is 2.78. The van der Waals surface area contributed by atoms with E-state index in [9.17, 15) is 0 Å². The summed E-state index contributed by atoms with van der Waals surface area (Å²) in [6.45, 7) is 0.846. The predicted molar refractivity (Wildman–Crippen MR) is 66.3 cm³/mol. The molecule has 0 radical (unpaired) electrons. The molecule has 1 saturated carbocycles. The van der Waals surface area contributed by atoms with Crippen LogP contribution in [0.2, 0.25) is 0 Å². The molecular weight excluding hydrogens is 220 g/mol. The number of hydrogen-bond donors (Lipinski definition) is 0. The standard InChI is InChI=1S/C14H17ClO/c15-13(11-3-4-11)5-1-10-2-6-14-12(9-10)7-8-16-14/h2,6,9,11,13H,1,3-5,7-8H2. The molecule has 0 N–H and O–H groups in total. The molecule has 16 heavy (non-hydrogen) atoms. The van der Waals surface area contributed by atoms with Crippen molar-refractivity contribution in [2.24, 2.45) is 5.92 Å². The summed E-state index contributed by atoms with van der Waals surface area (Å²) in [5.74, 6) is 1.88. The topological polar surface area (TPSA) is 9.23 Å². The molecule has 1 fully saturated rings. The first-order chi connectivity index (χ1) is 7.83. The van der Waals surface area contributed by atoms with Gasteiger partial charge in [-0.25, -0.2) is 0 Å². The third-order valence-electron chi connectivity index (χ3n) is 3.60. The first kappa shape index (κ1) is 10.5. The summed E-state index contributed by atoms with van der Waals surface area (Å²) < 4.78 is 5.50. The molecule has 3 rings (SSSR count). The van der Waals surface area contributed by atoms with Crippen molar-refractivity contribution in [3.05, 3.63) is 29.3 Å². The van der Waals surface area contributed by atoms with E-state index in [0.717, 1.165) is 37.5 Å². The molecule has 2 heteroatoms. The molecule has 1 aromatic carbocycles. The van der Waals surface area contributed by atoms with Crippen LogP contribution in [0.1, 0.15) is 30.4 Å². The van der Waals surface area contributed by atoms with E-state index in [1.807, 2.05) is 0 Å². The molecule has 1 aromatic rings. The first-order valence-corrected chi connectivity index (χ1v) is 6.65. The molecule has 86 valence electrons. The second-order valence-corrected chi connectivity index (χ2v) is 5.49. The highest BCUT2D eigenvalue weighted by Gasteiger charge is 2.29. The lowest BCUT2D eigenvalue weighted by Gasteiger charge is -2.08. The maximum Gasteiger partial charge on any atom is 0.122 e. The van der Waals surface area contributed by atoms with Gasteiger partial charge in [-0.3, -0.25) is 0 Å². The van der Waals surface area contributed by atoms with Crippen LogP contribution < -0.4 is 4.74 Å². The molecule has 0 aromatic heterocycles. The Morgan fingerprint density at radius 2 is 2.25 bits per heavy atom. The van der Waals surface area contributed by atoms with Crippen LogP contribution in [-0.4, -0.2) is 12.0 Å². The average Bonchev–Trinajstić information content (AvgIpc) is 3.04. The van der Waals surface area contributed by atoms with Crippen LogP contribution in [0.5, 0.6) is 5.75 Å². The Bertz CT molecular complexity index is 384. The summed E-state index contributed by atoms with van der Waals surface area (Å²) in [6, 6.07) is 6.58. The van der Waals surface area contributed by atoms with Gasteiger partial charge in [0.25, 0.3) is 0 Å². The monoisotopic (exact) mass is 236 g/mol. The van der Waals surface area contributed by atoms with Crippen LogP contribution in [0.25, 0.3) is 0 Å². The molecule has 1 atom stereocenters. The molecule has 1 heterocycles. The lowest BCUT2D eigenvalue weighted by molar-refractivity contribution is 0.357. The Morgan fingerprint density at radius 3 is 3.06 bits per heavy atom. The van der Waals surface area contributed by atoms with Gasteiger partial charge in [-0.15, -0.1) is 11.6 Å². The zero-order chi connectivity index (χ0) is 11.0. The fraction of sp³-hybridized carbons (Fsp3) is 0.571. The molecule has 0 spiro atoms. The number of benzene rings is 1. The predicted octanol–water partition coefficient (Wildman–Crippen LogP) is 3.57. The highest BCUT2D eigenvalue weighted by atomic mass is 35.5. The fourth-order valence-corrected chi connectivity index (χ4v) is 2.75. The van der Waals surface area contributed by atoms with Gasteiger partial charge in [0.2, 0.25) is 0 Å². The molecular formula is C14H17ClO. The van der Waals surface area contributed by atoms with Crippen molar-refractivity contribution >= 4 is 11.6 Å².